The van der Waals surface area contributed by atoms with Crippen molar-refractivity contribution in [3.63, 3.8) is 0 Å². The van der Waals surface area contributed by atoms with Crippen molar-refractivity contribution in [2.45, 2.75) is 20.5 Å². The molecule has 1 rings (SSSR count). The second-order valence-corrected chi connectivity index (χ2v) is 2.65. The molecule has 11 heavy (non-hydrogen) atoms. The maximum absolute atomic E-state index is 8.82. The van der Waals surface area contributed by atoms with E-state index in [0.717, 1.165) is 5.56 Å². The smallest absolute Gasteiger partial charge is 0.136 e. The van der Waals surface area contributed by atoms with Gasteiger partial charge in [0.05, 0.1) is 12.3 Å². The van der Waals surface area contributed by atoms with Gasteiger partial charge in [0.25, 0.3) is 0 Å². The summed E-state index contributed by atoms with van der Waals surface area (Å²) >= 11 is 5.74. The first-order valence-corrected chi connectivity index (χ1v) is 3.63. The van der Waals surface area contributed by atoms with Gasteiger partial charge in [0, 0.05) is 5.56 Å². The average molecular weight is 173 g/mol. The van der Waals surface area contributed by atoms with E-state index in [0.29, 0.717) is 16.7 Å². The number of hydrogen-bond acceptors (Lipinski definition) is 3. The van der Waals surface area contributed by atoms with Crippen LogP contribution in [0.15, 0.2) is 0 Å². The van der Waals surface area contributed by atoms with Gasteiger partial charge in [-0.3, -0.25) is 0 Å². The molecule has 0 radical (unpaired) electrons. The zero-order valence-electron chi connectivity index (χ0n) is 6.43. The van der Waals surface area contributed by atoms with E-state index in [1.54, 1.807) is 13.8 Å². The van der Waals surface area contributed by atoms with Crippen LogP contribution < -0.4 is 0 Å². The normalized spacial score (nSPS) is 10.2. The Kier molecular flexibility index (Phi) is 2.42. The molecule has 0 aliphatic heterocycles. The van der Waals surface area contributed by atoms with E-state index in [1.165, 1.54) is 0 Å². The Bertz CT molecular complexity index is 275. The van der Waals surface area contributed by atoms with Gasteiger partial charge in [-0.25, -0.2) is 9.97 Å². The fourth-order valence-corrected chi connectivity index (χ4v) is 1.03. The lowest BCUT2D eigenvalue weighted by Crippen LogP contribution is -1.99. The van der Waals surface area contributed by atoms with Gasteiger partial charge in [0.15, 0.2) is 0 Å². The van der Waals surface area contributed by atoms with Crippen molar-refractivity contribution >= 4 is 11.6 Å². The van der Waals surface area contributed by atoms with E-state index in [4.69, 9.17) is 16.7 Å². The lowest BCUT2D eigenvalue weighted by molar-refractivity contribution is 0.275. The van der Waals surface area contributed by atoms with E-state index in [9.17, 15) is 0 Å². The van der Waals surface area contributed by atoms with Crippen molar-refractivity contribution in [3.05, 3.63) is 22.2 Å². The summed E-state index contributed by atoms with van der Waals surface area (Å²) in [5.74, 6) is 0.588. The van der Waals surface area contributed by atoms with E-state index in [2.05, 4.69) is 9.97 Å². The molecule has 60 valence electrons. The first-order chi connectivity index (χ1) is 5.15. The monoisotopic (exact) mass is 172 g/mol. The third kappa shape index (κ3) is 1.67. The molecule has 0 bridgehead atoms. The van der Waals surface area contributed by atoms with Crippen molar-refractivity contribution < 1.29 is 5.11 Å². The van der Waals surface area contributed by atoms with Gasteiger partial charge in [-0.1, -0.05) is 11.6 Å². The van der Waals surface area contributed by atoms with Crippen LogP contribution in [0.2, 0.25) is 5.15 Å². The van der Waals surface area contributed by atoms with E-state index in [1.807, 2.05) is 0 Å². The van der Waals surface area contributed by atoms with Crippen LogP contribution >= 0.6 is 11.6 Å². The molecule has 0 saturated carbocycles. The van der Waals surface area contributed by atoms with Crippen molar-refractivity contribution in [1.82, 2.24) is 9.97 Å². The van der Waals surface area contributed by atoms with Gasteiger partial charge in [-0.05, 0) is 13.8 Å². The van der Waals surface area contributed by atoms with Crippen LogP contribution in [0, 0.1) is 13.8 Å². The van der Waals surface area contributed by atoms with Gasteiger partial charge >= 0.3 is 0 Å². The van der Waals surface area contributed by atoms with Gasteiger partial charge < -0.3 is 5.11 Å². The number of aryl methyl sites for hydroxylation is 1. The Morgan fingerprint density at radius 3 is 2.55 bits per heavy atom. The predicted octanol–water partition coefficient (Wildman–Crippen LogP) is 1.24. The van der Waals surface area contributed by atoms with Gasteiger partial charge in [-0.15, -0.1) is 0 Å². The molecule has 0 fully saturated rings. The molecule has 0 spiro atoms. The largest absolute Gasteiger partial charge is 0.390 e. The highest BCUT2D eigenvalue weighted by atomic mass is 35.5. The molecule has 1 heterocycles. The molecule has 0 atom stereocenters. The predicted molar refractivity (Wildman–Crippen MR) is 42.4 cm³/mol. The summed E-state index contributed by atoms with van der Waals surface area (Å²) in [6.45, 7) is 3.44. The minimum atomic E-state index is -0.0884. The zero-order chi connectivity index (χ0) is 8.43. The van der Waals surface area contributed by atoms with Crippen LogP contribution in [-0.2, 0) is 6.61 Å². The molecular formula is C7H9ClN2O. The standard InChI is InChI=1S/C7H9ClN2O/c1-4-6(3-11)9-5(2)10-7(4)8/h11H,3H2,1-2H3. The molecular weight excluding hydrogens is 164 g/mol. The fraction of sp³-hybridized carbons (Fsp3) is 0.429. The number of rotatable bonds is 1. The molecule has 0 unspecified atom stereocenters. The number of nitrogens with zero attached hydrogens (tertiary/aromatic N) is 2. The van der Waals surface area contributed by atoms with Crippen molar-refractivity contribution in [1.29, 1.82) is 0 Å². The third-order valence-corrected chi connectivity index (χ3v) is 1.82. The summed E-state index contributed by atoms with van der Waals surface area (Å²) < 4.78 is 0. The molecule has 1 aromatic rings. The van der Waals surface area contributed by atoms with Gasteiger partial charge in [-0.2, -0.15) is 0 Å². The summed E-state index contributed by atoms with van der Waals surface area (Å²) in [5.41, 5.74) is 1.35. The molecule has 0 aliphatic rings. The number of aromatic nitrogens is 2. The highest BCUT2D eigenvalue weighted by Crippen LogP contribution is 2.14. The Hall–Kier alpha value is -0.670. The summed E-state index contributed by atoms with van der Waals surface area (Å²) in [5, 5.41) is 9.24. The second kappa shape index (κ2) is 3.15. The van der Waals surface area contributed by atoms with Crippen molar-refractivity contribution in [2.75, 3.05) is 0 Å². The average Bonchev–Trinajstić information content (AvgIpc) is 1.96. The number of halogens is 1. The molecule has 0 aromatic carbocycles. The lowest BCUT2D eigenvalue weighted by atomic mass is 10.2. The Morgan fingerprint density at radius 1 is 1.36 bits per heavy atom. The highest BCUT2D eigenvalue weighted by Gasteiger charge is 2.04. The minimum Gasteiger partial charge on any atom is -0.390 e. The van der Waals surface area contributed by atoms with Crippen LogP contribution in [0.4, 0.5) is 0 Å². The highest BCUT2D eigenvalue weighted by molar-refractivity contribution is 6.30. The SMILES string of the molecule is Cc1nc(Cl)c(C)c(CO)n1. The maximum Gasteiger partial charge on any atom is 0.136 e. The number of aliphatic hydroxyl groups excluding tert-OH is 1. The molecule has 0 saturated heterocycles. The second-order valence-electron chi connectivity index (χ2n) is 2.29. The zero-order valence-corrected chi connectivity index (χ0v) is 7.18. The quantitative estimate of drug-likeness (QED) is 0.649. The summed E-state index contributed by atoms with van der Waals surface area (Å²) in [6, 6.07) is 0. The minimum absolute atomic E-state index is 0.0884. The van der Waals surface area contributed by atoms with Crippen LogP contribution in [0.3, 0.4) is 0 Å². The molecule has 0 aliphatic carbocycles. The Morgan fingerprint density at radius 2 is 2.00 bits per heavy atom. The van der Waals surface area contributed by atoms with E-state index >= 15 is 0 Å². The van der Waals surface area contributed by atoms with Crippen LogP contribution in [0.1, 0.15) is 17.1 Å². The topological polar surface area (TPSA) is 46.0 Å². The lowest BCUT2D eigenvalue weighted by Gasteiger charge is -2.03. The summed E-state index contributed by atoms with van der Waals surface area (Å²) in [6.07, 6.45) is 0. The van der Waals surface area contributed by atoms with Crippen molar-refractivity contribution in [3.8, 4) is 0 Å². The van der Waals surface area contributed by atoms with Crippen LogP contribution in [0.5, 0.6) is 0 Å². The molecule has 0 amide bonds. The molecule has 1 N–H and O–H groups in total. The Balaban J connectivity index is 3.24. The van der Waals surface area contributed by atoms with E-state index in [-0.39, 0.29) is 6.61 Å². The van der Waals surface area contributed by atoms with E-state index < -0.39 is 0 Å². The third-order valence-electron chi connectivity index (χ3n) is 1.45. The van der Waals surface area contributed by atoms with Crippen molar-refractivity contribution in [2.24, 2.45) is 0 Å². The molecule has 1 aromatic heterocycles. The Labute approximate surface area is 70.1 Å². The molecule has 3 nitrogen and oxygen atoms in total. The fourth-order valence-electron chi connectivity index (χ4n) is 0.803. The van der Waals surface area contributed by atoms with Gasteiger partial charge in [0.2, 0.25) is 0 Å². The van der Waals surface area contributed by atoms with Crippen LogP contribution in [-0.4, -0.2) is 15.1 Å². The first-order valence-electron chi connectivity index (χ1n) is 3.25. The first kappa shape index (κ1) is 8.43. The maximum atomic E-state index is 8.82. The molecule has 4 heteroatoms. The number of aliphatic hydroxyl groups is 1. The van der Waals surface area contributed by atoms with Gasteiger partial charge in [0.1, 0.15) is 11.0 Å². The summed E-state index contributed by atoms with van der Waals surface area (Å²) in [4.78, 5) is 7.93. The van der Waals surface area contributed by atoms with Crippen LogP contribution in [0.25, 0.3) is 0 Å². The number of hydrogen-bond donors (Lipinski definition) is 1. The summed E-state index contributed by atoms with van der Waals surface area (Å²) in [7, 11) is 0.